The molecule has 1 aromatic heterocycles. The normalized spacial score (nSPS) is 20.8. The standard InChI is InChI=1S/C10H15BrN2O3S2/c1-13(7-2-3-16-6-7)18(14,15)9-4-8(5-12)17-10(9)11/h4,7H,2-3,5-6,12H2,1H3. The quantitative estimate of drug-likeness (QED) is 0.886. The Kier molecular flexibility index (Phi) is 4.45. The van der Waals surface area contributed by atoms with Crippen molar-refractivity contribution in [3.8, 4) is 0 Å². The molecule has 2 heterocycles. The molecule has 102 valence electrons. The van der Waals surface area contributed by atoms with Gasteiger partial charge >= 0.3 is 0 Å². The number of likely N-dealkylation sites (N-methyl/N-ethyl adjacent to an activating group) is 1. The van der Waals surface area contributed by atoms with Crippen LogP contribution in [0.2, 0.25) is 0 Å². The highest BCUT2D eigenvalue weighted by molar-refractivity contribution is 9.11. The second-order valence-electron chi connectivity index (χ2n) is 4.09. The van der Waals surface area contributed by atoms with Crippen molar-refractivity contribution in [3.05, 3.63) is 14.7 Å². The van der Waals surface area contributed by atoms with Gasteiger partial charge in [0.15, 0.2) is 0 Å². The highest BCUT2D eigenvalue weighted by Gasteiger charge is 2.32. The summed E-state index contributed by atoms with van der Waals surface area (Å²) in [4.78, 5) is 1.14. The maximum absolute atomic E-state index is 12.5. The van der Waals surface area contributed by atoms with Gasteiger partial charge in [-0.05, 0) is 28.4 Å². The third-order valence-electron chi connectivity index (χ3n) is 2.98. The number of thiophene rings is 1. The van der Waals surface area contributed by atoms with Crippen LogP contribution in [0.3, 0.4) is 0 Å². The van der Waals surface area contributed by atoms with Gasteiger partial charge in [-0.2, -0.15) is 4.31 Å². The van der Waals surface area contributed by atoms with Crippen LogP contribution in [0.25, 0.3) is 0 Å². The van der Waals surface area contributed by atoms with E-state index < -0.39 is 10.0 Å². The molecular weight excluding hydrogens is 340 g/mol. The van der Waals surface area contributed by atoms with Gasteiger partial charge in [0, 0.05) is 25.1 Å². The molecule has 18 heavy (non-hydrogen) atoms. The summed E-state index contributed by atoms with van der Waals surface area (Å²) in [7, 11) is -1.88. The summed E-state index contributed by atoms with van der Waals surface area (Å²) in [6, 6.07) is 1.55. The van der Waals surface area contributed by atoms with E-state index in [-0.39, 0.29) is 6.04 Å². The average molecular weight is 355 g/mol. The second-order valence-corrected chi connectivity index (χ2v) is 8.51. The minimum atomic E-state index is -3.48. The van der Waals surface area contributed by atoms with Crippen molar-refractivity contribution in [3.63, 3.8) is 0 Å². The molecule has 2 N–H and O–H groups in total. The van der Waals surface area contributed by atoms with E-state index in [4.69, 9.17) is 10.5 Å². The molecule has 0 aromatic carbocycles. The van der Waals surface area contributed by atoms with E-state index in [2.05, 4.69) is 15.9 Å². The SMILES string of the molecule is CN(C1CCOC1)S(=O)(=O)c1cc(CN)sc1Br. The summed E-state index contributed by atoms with van der Waals surface area (Å²) in [5.74, 6) is 0. The Hall–Kier alpha value is 0.01000. The number of hydrogen-bond acceptors (Lipinski definition) is 5. The van der Waals surface area contributed by atoms with Gasteiger partial charge in [-0.1, -0.05) is 0 Å². The fourth-order valence-corrected chi connectivity index (χ4v) is 5.71. The van der Waals surface area contributed by atoms with Crippen LogP contribution in [0.5, 0.6) is 0 Å². The number of rotatable bonds is 4. The van der Waals surface area contributed by atoms with Crippen LogP contribution in [0.4, 0.5) is 0 Å². The van der Waals surface area contributed by atoms with Crippen molar-refractivity contribution >= 4 is 37.3 Å². The molecule has 0 radical (unpaired) electrons. The lowest BCUT2D eigenvalue weighted by molar-refractivity contribution is 0.181. The minimum absolute atomic E-state index is 0.0804. The predicted octanol–water partition coefficient (Wildman–Crippen LogP) is 1.38. The Morgan fingerprint density at radius 2 is 2.39 bits per heavy atom. The summed E-state index contributed by atoms with van der Waals surface area (Å²) in [5.41, 5.74) is 5.53. The van der Waals surface area contributed by atoms with E-state index in [0.717, 1.165) is 11.3 Å². The number of hydrogen-bond donors (Lipinski definition) is 1. The summed E-state index contributed by atoms with van der Waals surface area (Å²) >= 11 is 4.65. The highest BCUT2D eigenvalue weighted by atomic mass is 79.9. The van der Waals surface area contributed by atoms with Gasteiger partial charge in [-0.25, -0.2) is 8.42 Å². The molecule has 0 aliphatic carbocycles. The van der Waals surface area contributed by atoms with Crippen LogP contribution in [0, 0.1) is 0 Å². The first-order valence-electron chi connectivity index (χ1n) is 5.51. The van der Waals surface area contributed by atoms with Crippen LogP contribution in [-0.2, 0) is 21.3 Å². The molecule has 1 aliphatic rings. The first-order chi connectivity index (χ1) is 8.46. The van der Waals surface area contributed by atoms with Gasteiger partial charge in [-0.3, -0.25) is 0 Å². The zero-order chi connectivity index (χ0) is 13.3. The monoisotopic (exact) mass is 354 g/mol. The van der Waals surface area contributed by atoms with Gasteiger partial charge in [0.25, 0.3) is 0 Å². The van der Waals surface area contributed by atoms with E-state index in [1.54, 1.807) is 13.1 Å². The fraction of sp³-hybridized carbons (Fsp3) is 0.600. The smallest absolute Gasteiger partial charge is 0.245 e. The first kappa shape index (κ1) is 14.4. The second kappa shape index (κ2) is 5.56. The lowest BCUT2D eigenvalue weighted by Crippen LogP contribution is -2.37. The first-order valence-corrected chi connectivity index (χ1v) is 8.56. The topological polar surface area (TPSA) is 72.6 Å². The number of nitrogens with zero attached hydrogens (tertiary/aromatic N) is 1. The molecule has 2 rings (SSSR count). The summed E-state index contributed by atoms with van der Waals surface area (Å²) < 4.78 is 32.2. The molecule has 1 aliphatic heterocycles. The fourth-order valence-electron chi connectivity index (χ4n) is 1.83. The van der Waals surface area contributed by atoms with Crippen LogP contribution in [0.15, 0.2) is 14.7 Å². The van der Waals surface area contributed by atoms with Crippen molar-refractivity contribution in [2.75, 3.05) is 20.3 Å². The minimum Gasteiger partial charge on any atom is -0.380 e. The van der Waals surface area contributed by atoms with E-state index in [1.165, 1.54) is 15.6 Å². The zero-order valence-corrected chi connectivity index (χ0v) is 13.1. The summed E-state index contributed by atoms with van der Waals surface area (Å²) in [6.45, 7) is 1.42. The van der Waals surface area contributed by atoms with Gasteiger partial charge in [0.2, 0.25) is 10.0 Å². The molecule has 0 amide bonds. The maximum atomic E-state index is 12.5. The molecule has 8 heteroatoms. The van der Waals surface area contributed by atoms with Crippen LogP contribution >= 0.6 is 27.3 Å². The molecule has 0 bridgehead atoms. The van der Waals surface area contributed by atoms with Gasteiger partial charge in [-0.15, -0.1) is 11.3 Å². The number of nitrogens with two attached hydrogens (primary N) is 1. The number of ether oxygens (including phenoxy) is 1. The Labute approximate surface area is 119 Å². The highest BCUT2D eigenvalue weighted by Crippen LogP contribution is 2.34. The van der Waals surface area contributed by atoms with Gasteiger partial charge in [0.05, 0.1) is 16.4 Å². The van der Waals surface area contributed by atoms with Crippen LogP contribution < -0.4 is 5.73 Å². The van der Waals surface area contributed by atoms with Crippen molar-refractivity contribution in [2.45, 2.75) is 23.9 Å². The van der Waals surface area contributed by atoms with Gasteiger partial charge < -0.3 is 10.5 Å². The lowest BCUT2D eigenvalue weighted by Gasteiger charge is -2.22. The van der Waals surface area contributed by atoms with Crippen LogP contribution in [0.1, 0.15) is 11.3 Å². The Bertz CT molecular complexity index is 523. The van der Waals surface area contributed by atoms with Crippen molar-refractivity contribution in [1.29, 1.82) is 0 Å². The van der Waals surface area contributed by atoms with E-state index in [9.17, 15) is 8.42 Å². The van der Waals surface area contributed by atoms with E-state index >= 15 is 0 Å². The average Bonchev–Trinajstić information content (AvgIpc) is 2.96. The van der Waals surface area contributed by atoms with E-state index in [0.29, 0.717) is 28.4 Å². The third kappa shape index (κ3) is 2.63. The van der Waals surface area contributed by atoms with Gasteiger partial charge in [0.1, 0.15) is 4.90 Å². The molecule has 1 saturated heterocycles. The Morgan fingerprint density at radius 3 is 2.89 bits per heavy atom. The zero-order valence-electron chi connectivity index (χ0n) is 9.93. The molecular formula is C10H15BrN2O3S2. The summed E-state index contributed by atoms with van der Waals surface area (Å²) in [5, 5.41) is 0. The van der Waals surface area contributed by atoms with Crippen LogP contribution in [-0.4, -0.2) is 39.0 Å². The molecule has 5 nitrogen and oxygen atoms in total. The molecule has 1 fully saturated rings. The molecule has 0 saturated carbocycles. The van der Waals surface area contributed by atoms with E-state index in [1.807, 2.05) is 0 Å². The Morgan fingerprint density at radius 1 is 1.67 bits per heavy atom. The third-order valence-corrected chi connectivity index (χ3v) is 7.17. The largest absolute Gasteiger partial charge is 0.380 e. The number of sulfonamides is 1. The molecule has 1 aromatic rings. The molecule has 0 spiro atoms. The number of halogens is 1. The molecule has 1 unspecified atom stereocenters. The maximum Gasteiger partial charge on any atom is 0.245 e. The Balaban J connectivity index is 2.31. The lowest BCUT2D eigenvalue weighted by atomic mass is 10.3. The van der Waals surface area contributed by atoms with Crippen molar-refractivity contribution in [2.24, 2.45) is 5.73 Å². The summed E-state index contributed by atoms with van der Waals surface area (Å²) in [6.07, 6.45) is 0.737. The predicted molar refractivity (Wildman–Crippen MR) is 74.1 cm³/mol. The molecule has 1 atom stereocenters. The van der Waals surface area contributed by atoms with Crippen molar-refractivity contribution in [1.82, 2.24) is 4.31 Å². The van der Waals surface area contributed by atoms with Crippen molar-refractivity contribution < 1.29 is 13.2 Å².